The fraction of sp³-hybridized carbons (Fsp3) is 0.800. The summed E-state index contributed by atoms with van der Waals surface area (Å²) in [5, 5.41) is 0. The van der Waals surface area contributed by atoms with E-state index >= 15 is 0 Å². The summed E-state index contributed by atoms with van der Waals surface area (Å²) in [6.45, 7) is 10.4. The molecule has 0 radical (unpaired) electrons. The summed E-state index contributed by atoms with van der Waals surface area (Å²) in [6, 6.07) is 0. The van der Waals surface area contributed by atoms with E-state index in [0.29, 0.717) is 5.41 Å². The molecule has 0 amide bonds. The van der Waals surface area contributed by atoms with Crippen molar-refractivity contribution in [1.82, 2.24) is 0 Å². The van der Waals surface area contributed by atoms with Gasteiger partial charge in [-0.1, -0.05) is 32.6 Å². The second-order valence-electron chi connectivity index (χ2n) is 3.77. The molecule has 1 saturated carbocycles. The van der Waals surface area contributed by atoms with Crippen LogP contribution in [0.15, 0.2) is 0 Å². The van der Waals surface area contributed by atoms with E-state index < -0.39 is 0 Å². The van der Waals surface area contributed by atoms with Crippen molar-refractivity contribution >= 4 is 0 Å². The standard InChI is InChI=1S/C10H18.W/c1-4-9-6-7-10(3,5-2)8-9;/h9H,2-8H2,1H3;/q-2;+2. The van der Waals surface area contributed by atoms with E-state index in [-0.39, 0.29) is 21.1 Å². The SMILES string of the molecule is [CH2-]CC1([CH2-])CCC(CC)C1.[W+2]. The minimum absolute atomic E-state index is 0. The Balaban J connectivity index is 0.000001000. The van der Waals surface area contributed by atoms with Crippen molar-refractivity contribution in [3.63, 3.8) is 0 Å². The smallest absolute Gasteiger partial charge is 0.345 e. The van der Waals surface area contributed by atoms with Crippen molar-refractivity contribution in [2.24, 2.45) is 11.3 Å². The van der Waals surface area contributed by atoms with E-state index in [1.165, 1.54) is 25.7 Å². The molecule has 2 unspecified atom stereocenters. The van der Waals surface area contributed by atoms with Gasteiger partial charge < -0.3 is 13.8 Å². The van der Waals surface area contributed by atoms with Crippen LogP contribution in [0.5, 0.6) is 0 Å². The molecule has 0 aromatic heterocycles. The van der Waals surface area contributed by atoms with Gasteiger partial charge >= 0.3 is 21.1 Å². The first-order valence-corrected chi connectivity index (χ1v) is 4.35. The zero-order chi connectivity index (χ0) is 7.61. The van der Waals surface area contributed by atoms with Crippen molar-refractivity contribution in [3.8, 4) is 0 Å². The molecule has 64 valence electrons. The summed E-state index contributed by atoms with van der Waals surface area (Å²) in [6.07, 6.45) is 6.35. The van der Waals surface area contributed by atoms with Crippen LogP contribution in [0.1, 0.15) is 39.0 Å². The average molecular weight is 322 g/mol. The van der Waals surface area contributed by atoms with E-state index in [0.717, 1.165) is 12.3 Å². The second kappa shape index (κ2) is 4.65. The Morgan fingerprint density at radius 1 is 1.55 bits per heavy atom. The van der Waals surface area contributed by atoms with Crippen molar-refractivity contribution in [2.75, 3.05) is 0 Å². The summed E-state index contributed by atoms with van der Waals surface area (Å²) < 4.78 is 0. The van der Waals surface area contributed by atoms with Crippen LogP contribution in [0.2, 0.25) is 0 Å². The van der Waals surface area contributed by atoms with Gasteiger partial charge in [0.1, 0.15) is 0 Å². The molecule has 0 nitrogen and oxygen atoms in total. The maximum Gasteiger partial charge on any atom is 2.00 e. The van der Waals surface area contributed by atoms with E-state index in [1.54, 1.807) is 0 Å². The Kier molecular flexibility index (Phi) is 4.94. The van der Waals surface area contributed by atoms with Crippen LogP contribution in [0.4, 0.5) is 0 Å². The summed E-state index contributed by atoms with van der Waals surface area (Å²) in [5.74, 6) is 0.944. The van der Waals surface area contributed by atoms with Gasteiger partial charge in [-0.2, -0.15) is 5.41 Å². The molecule has 1 heteroatoms. The third-order valence-electron chi connectivity index (χ3n) is 2.91. The van der Waals surface area contributed by atoms with Gasteiger partial charge in [-0.3, -0.25) is 0 Å². The average Bonchev–Trinajstić information content (AvgIpc) is 2.33. The van der Waals surface area contributed by atoms with Gasteiger partial charge in [-0.15, -0.1) is 0 Å². The molecule has 0 heterocycles. The first-order valence-electron chi connectivity index (χ1n) is 4.35. The van der Waals surface area contributed by atoms with E-state index in [2.05, 4.69) is 20.8 Å². The minimum Gasteiger partial charge on any atom is -0.345 e. The summed E-state index contributed by atoms with van der Waals surface area (Å²) in [5.41, 5.74) is 0.348. The van der Waals surface area contributed by atoms with Crippen LogP contribution in [0.25, 0.3) is 0 Å². The molecule has 1 fully saturated rings. The summed E-state index contributed by atoms with van der Waals surface area (Å²) >= 11 is 0. The molecule has 11 heavy (non-hydrogen) atoms. The molecule has 1 aliphatic rings. The van der Waals surface area contributed by atoms with Gasteiger partial charge in [0.25, 0.3) is 0 Å². The van der Waals surface area contributed by atoms with Gasteiger partial charge in [-0.05, 0) is 5.92 Å². The Bertz CT molecular complexity index is 111. The van der Waals surface area contributed by atoms with Gasteiger partial charge in [-0.25, -0.2) is 6.42 Å². The van der Waals surface area contributed by atoms with Gasteiger partial charge in [0.2, 0.25) is 0 Å². The Labute approximate surface area is 85.4 Å². The zero-order valence-corrected chi connectivity index (χ0v) is 10.4. The van der Waals surface area contributed by atoms with Gasteiger partial charge in [0.05, 0.1) is 0 Å². The molecule has 0 aliphatic heterocycles. The van der Waals surface area contributed by atoms with Gasteiger partial charge in [0.15, 0.2) is 0 Å². The Hall–Kier alpha value is 0.688. The van der Waals surface area contributed by atoms with E-state index in [9.17, 15) is 0 Å². The third kappa shape index (κ3) is 2.90. The number of rotatable bonds is 2. The monoisotopic (exact) mass is 322 g/mol. The fourth-order valence-corrected chi connectivity index (χ4v) is 1.90. The molecule has 0 spiro atoms. The topological polar surface area (TPSA) is 0 Å². The van der Waals surface area contributed by atoms with Crippen LogP contribution < -0.4 is 0 Å². The molecule has 0 bridgehead atoms. The molecule has 1 aliphatic carbocycles. The predicted octanol–water partition coefficient (Wildman–Crippen LogP) is 3.24. The van der Waals surface area contributed by atoms with Crippen LogP contribution >= 0.6 is 0 Å². The third-order valence-corrected chi connectivity index (χ3v) is 2.91. The second-order valence-corrected chi connectivity index (χ2v) is 3.77. The van der Waals surface area contributed by atoms with Crippen molar-refractivity contribution in [3.05, 3.63) is 13.8 Å². The van der Waals surface area contributed by atoms with Crippen LogP contribution in [0, 0.1) is 25.2 Å². The van der Waals surface area contributed by atoms with Crippen molar-refractivity contribution < 1.29 is 21.1 Å². The van der Waals surface area contributed by atoms with Crippen LogP contribution in [-0.2, 0) is 21.1 Å². The van der Waals surface area contributed by atoms with E-state index in [4.69, 9.17) is 0 Å². The molecule has 0 aromatic rings. The molecule has 0 N–H and O–H groups in total. The maximum absolute atomic E-state index is 4.22. The molecular formula is C10H18W. The molecular weight excluding hydrogens is 304 g/mol. The molecule has 0 aromatic carbocycles. The summed E-state index contributed by atoms with van der Waals surface area (Å²) in [7, 11) is 0. The maximum atomic E-state index is 4.22. The normalized spacial score (nSPS) is 36.8. The van der Waals surface area contributed by atoms with E-state index in [1.807, 2.05) is 0 Å². The predicted molar refractivity (Wildman–Crippen MR) is 45.4 cm³/mol. The van der Waals surface area contributed by atoms with Crippen LogP contribution in [-0.4, -0.2) is 0 Å². The largest absolute Gasteiger partial charge is 2.00 e. The van der Waals surface area contributed by atoms with Crippen molar-refractivity contribution in [1.29, 1.82) is 0 Å². The minimum atomic E-state index is 0. The fourth-order valence-electron chi connectivity index (χ4n) is 1.90. The van der Waals surface area contributed by atoms with Crippen LogP contribution in [0.3, 0.4) is 0 Å². The molecule has 1 rings (SSSR count). The number of hydrogen-bond donors (Lipinski definition) is 0. The Morgan fingerprint density at radius 3 is 2.45 bits per heavy atom. The van der Waals surface area contributed by atoms with Gasteiger partial charge in [0, 0.05) is 0 Å². The molecule has 2 atom stereocenters. The van der Waals surface area contributed by atoms with Crippen molar-refractivity contribution in [2.45, 2.75) is 39.0 Å². The Morgan fingerprint density at radius 2 is 2.18 bits per heavy atom. The number of hydrogen-bond acceptors (Lipinski definition) is 0. The first-order chi connectivity index (χ1) is 4.70. The summed E-state index contributed by atoms with van der Waals surface area (Å²) in [4.78, 5) is 0. The first kappa shape index (κ1) is 11.7. The molecule has 0 saturated heterocycles. The zero-order valence-electron chi connectivity index (χ0n) is 7.44. The quantitative estimate of drug-likeness (QED) is 0.685.